The Hall–Kier alpha value is -1.92. The molecule has 1 heterocycles. The van der Waals surface area contributed by atoms with Crippen LogP contribution >= 0.6 is 0 Å². The van der Waals surface area contributed by atoms with Crippen molar-refractivity contribution in [3.63, 3.8) is 0 Å². The second-order valence-electron chi connectivity index (χ2n) is 3.19. The van der Waals surface area contributed by atoms with Crippen molar-refractivity contribution in [2.45, 2.75) is 26.5 Å². The highest BCUT2D eigenvalue weighted by molar-refractivity contribution is 5.69. The summed E-state index contributed by atoms with van der Waals surface area (Å²) in [6.45, 7) is 3.33. The largest absolute Gasteiger partial charge is 0.462 e. The zero-order valence-corrected chi connectivity index (χ0v) is 8.41. The molecule has 1 rings (SSSR count). The molecule has 0 radical (unpaired) electrons. The van der Waals surface area contributed by atoms with E-state index in [1.54, 1.807) is 13.8 Å². The van der Waals surface area contributed by atoms with Crippen molar-refractivity contribution in [3.8, 4) is 0 Å². The fourth-order valence-corrected chi connectivity index (χ4v) is 0.966. The first-order valence-electron chi connectivity index (χ1n) is 4.35. The molecule has 0 saturated heterocycles. The number of hydrogen-bond acceptors (Lipinski definition) is 5. The Morgan fingerprint density at radius 1 is 1.73 bits per heavy atom. The molecule has 7 nitrogen and oxygen atoms in total. The second kappa shape index (κ2) is 4.54. The summed E-state index contributed by atoms with van der Waals surface area (Å²) in [5.74, 6) is -0.469. The molecule has 0 fully saturated rings. The van der Waals surface area contributed by atoms with E-state index >= 15 is 0 Å². The van der Waals surface area contributed by atoms with Gasteiger partial charge in [-0.15, -0.1) is 0 Å². The van der Waals surface area contributed by atoms with Crippen molar-refractivity contribution in [2.75, 3.05) is 0 Å². The molecule has 0 aromatic carbocycles. The maximum atomic E-state index is 11.1. The second-order valence-corrected chi connectivity index (χ2v) is 3.19. The van der Waals surface area contributed by atoms with Crippen LogP contribution in [0.15, 0.2) is 12.4 Å². The highest BCUT2D eigenvalue weighted by Gasteiger charge is 2.12. The Balaban J connectivity index is 2.57. The summed E-state index contributed by atoms with van der Waals surface area (Å²) in [5.41, 5.74) is -0.146. The molecule has 82 valence electrons. The summed E-state index contributed by atoms with van der Waals surface area (Å²) < 4.78 is 6.02. The van der Waals surface area contributed by atoms with Gasteiger partial charge in [-0.2, -0.15) is 5.10 Å². The van der Waals surface area contributed by atoms with E-state index in [-0.39, 0.29) is 18.3 Å². The van der Waals surface area contributed by atoms with Crippen LogP contribution < -0.4 is 0 Å². The standard InChI is InChI=1S/C8H11N3O4/c1-6(2)15-8(12)5-10-4-7(3-9-10)11(13)14/h3-4,6H,5H2,1-2H3. The van der Waals surface area contributed by atoms with Gasteiger partial charge in [-0.25, -0.2) is 0 Å². The summed E-state index contributed by atoms with van der Waals surface area (Å²) in [4.78, 5) is 20.9. The summed E-state index contributed by atoms with van der Waals surface area (Å²) in [6, 6.07) is 0. The van der Waals surface area contributed by atoms with Crippen molar-refractivity contribution in [1.29, 1.82) is 0 Å². The molecule has 1 aromatic rings. The lowest BCUT2D eigenvalue weighted by Crippen LogP contribution is -2.17. The van der Waals surface area contributed by atoms with Crippen molar-refractivity contribution in [1.82, 2.24) is 9.78 Å². The van der Waals surface area contributed by atoms with Gasteiger partial charge in [0.25, 0.3) is 0 Å². The molecule has 15 heavy (non-hydrogen) atoms. The van der Waals surface area contributed by atoms with Crippen LogP contribution in [-0.4, -0.2) is 26.8 Å². The molecular weight excluding hydrogens is 202 g/mol. The number of nitrogens with zero attached hydrogens (tertiary/aromatic N) is 3. The maximum Gasteiger partial charge on any atom is 0.328 e. The number of nitro groups is 1. The van der Waals surface area contributed by atoms with Crippen LogP contribution in [0.4, 0.5) is 5.69 Å². The first kappa shape index (κ1) is 11.2. The first-order valence-corrected chi connectivity index (χ1v) is 4.35. The lowest BCUT2D eigenvalue weighted by Gasteiger charge is -2.06. The predicted molar refractivity (Wildman–Crippen MR) is 50.1 cm³/mol. The van der Waals surface area contributed by atoms with Crippen LogP contribution in [0.2, 0.25) is 0 Å². The van der Waals surface area contributed by atoms with Gasteiger partial charge in [0.2, 0.25) is 0 Å². The third-order valence-electron chi connectivity index (χ3n) is 1.49. The van der Waals surface area contributed by atoms with Crippen LogP contribution in [0.3, 0.4) is 0 Å². The van der Waals surface area contributed by atoms with E-state index in [9.17, 15) is 14.9 Å². The average molecular weight is 213 g/mol. The lowest BCUT2D eigenvalue weighted by molar-refractivity contribution is -0.385. The molecule has 0 amide bonds. The highest BCUT2D eigenvalue weighted by Crippen LogP contribution is 2.07. The van der Waals surface area contributed by atoms with Crippen LogP contribution in [0.1, 0.15) is 13.8 Å². The SMILES string of the molecule is CC(C)OC(=O)Cn1cc([N+](=O)[O-])cn1. The van der Waals surface area contributed by atoms with Gasteiger partial charge in [0.15, 0.2) is 0 Å². The highest BCUT2D eigenvalue weighted by atomic mass is 16.6. The van der Waals surface area contributed by atoms with Gasteiger partial charge < -0.3 is 4.74 Å². The van der Waals surface area contributed by atoms with E-state index < -0.39 is 10.9 Å². The number of carbonyl (C=O) groups is 1. The molecule has 0 N–H and O–H groups in total. The molecular formula is C8H11N3O4. The van der Waals surface area contributed by atoms with E-state index in [2.05, 4.69) is 5.10 Å². The number of carbonyl (C=O) groups excluding carboxylic acids is 1. The zero-order valence-electron chi connectivity index (χ0n) is 8.41. The van der Waals surface area contributed by atoms with Gasteiger partial charge in [0.05, 0.1) is 11.0 Å². The monoisotopic (exact) mass is 213 g/mol. The summed E-state index contributed by atoms with van der Waals surface area (Å²) in [6.07, 6.45) is 2.06. The molecule has 0 saturated carbocycles. The average Bonchev–Trinajstić information content (AvgIpc) is 2.50. The number of hydrogen-bond donors (Lipinski definition) is 0. The van der Waals surface area contributed by atoms with Crippen molar-refractivity contribution in [2.24, 2.45) is 0 Å². The van der Waals surface area contributed by atoms with E-state index in [0.29, 0.717) is 0 Å². The fourth-order valence-electron chi connectivity index (χ4n) is 0.966. The minimum atomic E-state index is -0.572. The van der Waals surface area contributed by atoms with Crippen molar-refractivity contribution < 1.29 is 14.5 Å². The normalized spacial score (nSPS) is 10.3. The van der Waals surface area contributed by atoms with E-state index in [4.69, 9.17) is 4.74 Å². The van der Waals surface area contributed by atoms with Gasteiger partial charge in [0.1, 0.15) is 18.9 Å². The van der Waals surface area contributed by atoms with Gasteiger partial charge in [-0.3, -0.25) is 19.6 Å². The molecule has 0 atom stereocenters. The summed E-state index contributed by atoms with van der Waals surface area (Å²) in [7, 11) is 0. The van der Waals surface area contributed by atoms with Crippen LogP contribution in [0, 0.1) is 10.1 Å². The smallest absolute Gasteiger partial charge is 0.328 e. The molecule has 0 aliphatic heterocycles. The predicted octanol–water partition coefficient (Wildman–Crippen LogP) is 0.743. The van der Waals surface area contributed by atoms with Gasteiger partial charge in [-0.05, 0) is 13.8 Å². The molecule has 0 bridgehead atoms. The quantitative estimate of drug-likeness (QED) is 0.418. The number of aromatic nitrogens is 2. The fraction of sp³-hybridized carbons (Fsp3) is 0.500. The van der Waals surface area contributed by atoms with Gasteiger partial charge in [0, 0.05) is 0 Å². The Labute approximate surface area is 85.8 Å². The van der Waals surface area contributed by atoms with Crippen molar-refractivity contribution in [3.05, 3.63) is 22.5 Å². The van der Waals surface area contributed by atoms with Gasteiger partial charge in [-0.1, -0.05) is 0 Å². The van der Waals surface area contributed by atoms with Gasteiger partial charge >= 0.3 is 11.7 Å². The molecule has 0 spiro atoms. The van der Waals surface area contributed by atoms with Crippen molar-refractivity contribution >= 4 is 11.7 Å². The van der Waals surface area contributed by atoms with E-state index in [1.165, 1.54) is 10.9 Å². The number of ether oxygens (including phenoxy) is 1. The maximum absolute atomic E-state index is 11.1. The molecule has 7 heteroatoms. The third kappa shape index (κ3) is 3.37. The summed E-state index contributed by atoms with van der Waals surface area (Å²) in [5, 5.41) is 14.0. The molecule has 1 aromatic heterocycles. The van der Waals surface area contributed by atoms with E-state index in [0.717, 1.165) is 6.20 Å². The Bertz CT molecular complexity index is 372. The number of esters is 1. The minimum absolute atomic E-state index is 0.119. The van der Waals surface area contributed by atoms with Crippen LogP contribution in [0.25, 0.3) is 0 Å². The van der Waals surface area contributed by atoms with E-state index in [1.807, 2.05) is 0 Å². The number of rotatable bonds is 4. The minimum Gasteiger partial charge on any atom is -0.462 e. The zero-order chi connectivity index (χ0) is 11.4. The first-order chi connectivity index (χ1) is 6.99. The topological polar surface area (TPSA) is 87.3 Å². The molecule has 0 unspecified atom stereocenters. The molecule has 0 aliphatic carbocycles. The third-order valence-corrected chi connectivity index (χ3v) is 1.49. The Kier molecular flexibility index (Phi) is 3.37. The lowest BCUT2D eigenvalue weighted by atomic mass is 10.5. The van der Waals surface area contributed by atoms with Crippen LogP contribution in [0.5, 0.6) is 0 Å². The summed E-state index contributed by atoms with van der Waals surface area (Å²) >= 11 is 0. The Morgan fingerprint density at radius 3 is 2.87 bits per heavy atom. The molecule has 0 aliphatic rings. The van der Waals surface area contributed by atoms with Crippen LogP contribution in [-0.2, 0) is 16.1 Å². The Morgan fingerprint density at radius 2 is 2.40 bits per heavy atom.